The van der Waals surface area contributed by atoms with Crippen LogP contribution in [0.1, 0.15) is 30.8 Å². The number of anilines is 1. The molecule has 1 aromatic carbocycles. The number of benzene rings is 1. The maximum absolute atomic E-state index is 11.9. The van der Waals surface area contributed by atoms with Crippen molar-refractivity contribution in [3.05, 3.63) is 30.0 Å². The molecule has 0 aliphatic rings. The first-order valence-electron chi connectivity index (χ1n) is 6.21. The van der Waals surface area contributed by atoms with E-state index in [4.69, 9.17) is 10.2 Å². The first-order valence-corrected chi connectivity index (χ1v) is 6.21. The molecule has 0 radical (unpaired) electrons. The van der Waals surface area contributed by atoms with Crippen LogP contribution in [-0.2, 0) is 0 Å². The molecule has 0 aliphatic carbocycles. The Morgan fingerprint density at radius 1 is 1.47 bits per heavy atom. The number of nitrogens with one attached hydrogen (secondary N) is 1. The Morgan fingerprint density at radius 2 is 2.21 bits per heavy atom. The zero-order valence-corrected chi connectivity index (χ0v) is 11.1. The molecule has 0 saturated carbocycles. The summed E-state index contributed by atoms with van der Waals surface area (Å²) in [5, 5.41) is 13.3. The standard InChI is InChI=1S/C14H18N2O3/c1-3-14(2,18)8-16-13(17)12-7-9-6-10(15)4-5-11(9)19-12/h4-7,18H,3,8,15H2,1-2H3,(H,16,17). The van der Waals surface area contributed by atoms with E-state index in [2.05, 4.69) is 5.32 Å². The van der Waals surface area contributed by atoms with Crippen molar-refractivity contribution in [2.24, 2.45) is 0 Å². The highest BCUT2D eigenvalue weighted by Gasteiger charge is 2.20. The summed E-state index contributed by atoms with van der Waals surface area (Å²) in [6.07, 6.45) is 0.559. The van der Waals surface area contributed by atoms with Crippen LogP contribution in [0.5, 0.6) is 0 Å². The Balaban J connectivity index is 2.13. The molecule has 5 heteroatoms. The summed E-state index contributed by atoms with van der Waals surface area (Å²) in [4.78, 5) is 11.9. The predicted octanol–water partition coefficient (Wildman–Crippen LogP) is 1.91. The number of carbonyl (C=O) groups excluding carboxylic acids is 1. The van der Waals surface area contributed by atoms with Gasteiger partial charge in [-0.2, -0.15) is 0 Å². The largest absolute Gasteiger partial charge is 0.451 e. The highest BCUT2D eigenvalue weighted by Crippen LogP contribution is 2.21. The lowest BCUT2D eigenvalue weighted by Gasteiger charge is -2.20. The molecule has 2 rings (SSSR count). The fourth-order valence-electron chi connectivity index (χ4n) is 1.66. The van der Waals surface area contributed by atoms with Crippen molar-refractivity contribution in [1.82, 2.24) is 5.32 Å². The molecule has 5 nitrogen and oxygen atoms in total. The predicted molar refractivity (Wildman–Crippen MR) is 73.9 cm³/mol. The van der Waals surface area contributed by atoms with Crippen LogP contribution in [0.4, 0.5) is 5.69 Å². The molecule has 1 aromatic heterocycles. The first kappa shape index (κ1) is 13.4. The SMILES string of the molecule is CCC(C)(O)CNC(=O)c1cc2cc(N)ccc2o1. The topological polar surface area (TPSA) is 88.5 Å². The van der Waals surface area contributed by atoms with Crippen LogP contribution < -0.4 is 11.1 Å². The van der Waals surface area contributed by atoms with E-state index < -0.39 is 5.60 Å². The van der Waals surface area contributed by atoms with Gasteiger partial charge in [-0.15, -0.1) is 0 Å². The van der Waals surface area contributed by atoms with E-state index in [1.54, 1.807) is 31.2 Å². The van der Waals surface area contributed by atoms with Crippen molar-refractivity contribution < 1.29 is 14.3 Å². The van der Waals surface area contributed by atoms with E-state index >= 15 is 0 Å². The fraction of sp³-hybridized carbons (Fsp3) is 0.357. The highest BCUT2D eigenvalue weighted by atomic mass is 16.3. The maximum Gasteiger partial charge on any atom is 0.287 e. The minimum atomic E-state index is -0.911. The second kappa shape index (κ2) is 4.93. The summed E-state index contributed by atoms with van der Waals surface area (Å²) in [5.41, 5.74) is 5.99. The van der Waals surface area contributed by atoms with Gasteiger partial charge in [0.05, 0.1) is 5.60 Å². The van der Waals surface area contributed by atoms with Crippen LogP contribution >= 0.6 is 0 Å². The maximum atomic E-state index is 11.9. The van der Waals surface area contributed by atoms with Crippen LogP contribution in [0, 0.1) is 0 Å². The van der Waals surface area contributed by atoms with Gasteiger partial charge in [0, 0.05) is 17.6 Å². The third-order valence-corrected chi connectivity index (χ3v) is 3.16. The Kier molecular flexibility index (Phi) is 3.48. The van der Waals surface area contributed by atoms with Crippen LogP contribution in [0.3, 0.4) is 0 Å². The van der Waals surface area contributed by atoms with Crippen molar-refractivity contribution in [3.63, 3.8) is 0 Å². The number of aliphatic hydroxyl groups is 1. The second-order valence-electron chi connectivity index (χ2n) is 4.94. The van der Waals surface area contributed by atoms with Gasteiger partial charge in [0.15, 0.2) is 5.76 Å². The summed E-state index contributed by atoms with van der Waals surface area (Å²) >= 11 is 0. The van der Waals surface area contributed by atoms with Gasteiger partial charge in [-0.3, -0.25) is 4.79 Å². The minimum absolute atomic E-state index is 0.182. The van der Waals surface area contributed by atoms with Gasteiger partial charge in [-0.05, 0) is 37.6 Å². The lowest BCUT2D eigenvalue weighted by Crippen LogP contribution is -2.39. The number of nitrogens with two attached hydrogens (primary N) is 1. The third-order valence-electron chi connectivity index (χ3n) is 3.16. The fourth-order valence-corrected chi connectivity index (χ4v) is 1.66. The number of rotatable bonds is 4. The molecule has 2 aromatic rings. The Labute approximate surface area is 111 Å². The lowest BCUT2D eigenvalue weighted by atomic mass is 10.0. The summed E-state index contributed by atoms with van der Waals surface area (Å²) in [6.45, 7) is 3.71. The monoisotopic (exact) mass is 262 g/mol. The number of fused-ring (bicyclic) bond motifs is 1. The summed E-state index contributed by atoms with van der Waals surface area (Å²) in [7, 11) is 0. The quantitative estimate of drug-likeness (QED) is 0.734. The van der Waals surface area contributed by atoms with Gasteiger partial charge in [0.1, 0.15) is 5.58 Å². The van der Waals surface area contributed by atoms with E-state index in [0.29, 0.717) is 17.7 Å². The van der Waals surface area contributed by atoms with Gasteiger partial charge in [0.2, 0.25) is 0 Å². The second-order valence-corrected chi connectivity index (χ2v) is 4.94. The Hall–Kier alpha value is -2.01. The molecule has 0 saturated heterocycles. The molecular weight excluding hydrogens is 244 g/mol. The molecule has 0 aliphatic heterocycles. The molecule has 102 valence electrons. The van der Waals surface area contributed by atoms with Crippen LogP contribution in [0.15, 0.2) is 28.7 Å². The number of hydrogen-bond acceptors (Lipinski definition) is 4. The van der Waals surface area contributed by atoms with Gasteiger partial charge in [-0.1, -0.05) is 6.92 Å². The van der Waals surface area contributed by atoms with Crippen LogP contribution in [-0.4, -0.2) is 23.2 Å². The molecule has 1 amide bonds. The zero-order chi connectivity index (χ0) is 14.0. The zero-order valence-electron chi connectivity index (χ0n) is 11.1. The van der Waals surface area contributed by atoms with E-state index in [1.807, 2.05) is 6.92 Å². The molecule has 0 bridgehead atoms. The molecule has 0 fully saturated rings. The number of hydrogen-bond donors (Lipinski definition) is 3. The van der Waals surface area contributed by atoms with Crippen molar-refractivity contribution >= 4 is 22.6 Å². The van der Waals surface area contributed by atoms with Crippen LogP contribution in [0.2, 0.25) is 0 Å². The van der Waals surface area contributed by atoms with Crippen molar-refractivity contribution in [2.45, 2.75) is 25.9 Å². The molecular formula is C14H18N2O3. The minimum Gasteiger partial charge on any atom is -0.451 e. The summed E-state index contributed by atoms with van der Waals surface area (Å²) < 4.78 is 5.43. The normalized spacial score (nSPS) is 14.3. The molecule has 4 N–H and O–H groups in total. The average Bonchev–Trinajstić information content (AvgIpc) is 2.79. The third kappa shape index (κ3) is 3.06. The smallest absolute Gasteiger partial charge is 0.287 e. The lowest BCUT2D eigenvalue weighted by molar-refractivity contribution is 0.0512. The first-order chi connectivity index (χ1) is 8.91. The number of amides is 1. The van der Waals surface area contributed by atoms with Crippen LogP contribution in [0.25, 0.3) is 11.0 Å². The number of nitrogen functional groups attached to an aromatic ring is 1. The van der Waals surface area contributed by atoms with E-state index in [9.17, 15) is 9.90 Å². The summed E-state index contributed by atoms with van der Waals surface area (Å²) in [5.74, 6) is -0.129. The van der Waals surface area contributed by atoms with E-state index in [0.717, 1.165) is 5.39 Å². The number of furan rings is 1. The molecule has 1 atom stereocenters. The molecule has 1 unspecified atom stereocenters. The van der Waals surface area contributed by atoms with Crippen molar-refractivity contribution in [3.8, 4) is 0 Å². The van der Waals surface area contributed by atoms with Crippen molar-refractivity contribution in [2.75, 3.05) is 12.3 Å². The van der Waals surface area contributed by atoms with Gasteiger partial charge in [0.25, 0.3) is 5.91 Å². The van der Waals surface area contributed by atoms with E-state index in [-0.39, 0.29) is 18.2 Å². The highest BCUT2D eigenvalue weighted by molar-refractivity contribution is 5.96. The Morgan fingerprint density at radius 3 is 2.89 bits per heavy atom. The van der Waals surface area contributed by atoms with Crippen molar-refractivity contribution in [1.29, 1.82) is 0 Å². The molecule has 19 heavy (non-hydrogen) atoms. The van der Waals surface area contributed by atoms with E-state index in [1.165, 1.54) is 0 Å². The molecule has 0 spiro atoms. The number of carbonyl (C=O) groups is 1. The average molecular weight is 262 g/mol. The van der Waals surface area contributed by atoms with Gasteiger partial charge in [-0.25, -0.2) is 0 Å². The summed E-state index contributed by atoms with van der Waals surface area (Å²) in [6, 6.07) is 6.83. The molecule has 1 heterocycles. The van der Waals surface area contributed by atoms with Gasteiger partial charge >= 0.3 is 0 Å². The van der Waals surface area contributed by atoms with Gasteiger partial charge < -0.3 is 20.6 Å². The Bertz CT molecular complexity index is 602.